The molecule has 2 fully saturated rings. The number of esters is 1. The summed E-state index contributed by atoms with van der Waals surface area (Å²) < 4.78 is 30.2. The van der Waals surface area contributed by atoms with Gasteiger partial charge in [-0.3, -0.25) is 4.79 Å². The molecule has 9 heteroatoms. The summed E-state index contributed by atoms with van der Waals surface area (Å²) in [5.41, 5.74) is 4.75. The minimum absolute atomic E-state index is 0.0526. The monoisotopic (exact) mass is 434 g/mol. The number of nitrogens with zero attached hydrogens (tertiary/aromatic N) is 1. The standard InChI is InChI=1S/C22H32BFN2O5/c1-20(2)21(3,4)31-23(30-20)12-6-7-16-13-26(14-22(16,25)19(28)29-5)18(27)15-8-10-17(24)11-9-15/h8-11,16H,6-7,12-14,25H2,1-5H3/t16-,22-/m0/s1. The molecule has 0 radical (unpaired) electrons. The van der Waals surface area contributed by atoms with E-state index >= 15 is 0 Å². The molecule has 3 rings (SSSR count). The number of hydrogen-bond donors (Lipinski definition) is 1. The molecule has 1 amide bonds. The molecule has 2 atom stereocenters. The third kappa shape index (κ3) is 4.63. The first kappa shape index (κ1) is 23.7. The highest BCUT2D eigenvalue weighted by Gasteiger charge is 2.53. The Hall–Kier alpha value is -1.97. The van der Waals surface area contributed by atoms with Gasteiger partial charge in [0.2, 0.25) is 0 Å². The van der Waals surface area contributed by atoms with E-state index < -0.39 is 28.5 Å². The molecule has 0 bridgehead atoms. The molecule has 1 aromatic carbocycles. The van der Waals surface area contributed by atoms with Crippen molar-refractivity contribution >= 4 is 19.0 Å². The molecule has 2 aliphatic heterocycles. The molecule has 0 aliphatic carbocycles. The van der Waals surface area contributed by atoms with Crippen molar-refractivity contribution in [3.05, 3.63) is 35.6 Å². The van der Waals surface area contributed by atoms with Gasteiger partial charge in [0.05, 0.1) is 24.9 Å². The highest BCUT2D eigenvalue weighted by molar-refractivity contribution is 6.45. The van der Waals surface area contributed by atoms with Crippen LogP contribution >= 0.6 is 0 Å². The smallest absolute Gasteiger partial charge is 0.457 e. The van der Waals surface area contributed by atoms with Crippen LogP contribution in [0.2, 0.25) is 6.32 Å². The fourth-order valence-electron chi connectivity index (χ4n) is 4.25. The summed E-state index contributed by atoms with van der Waals surface area (Å²) in [6.07, 6.45) is 1.99. The molecule has 2 N–H and O–H groups in total. The predicted octanol–water partition coefficient (Wildman–Crippen LogP) is 2.64. The van der Waals surface area contributed by atoms with Crippen LogP contribution in [-0.4, -0.2) is 60.8 Å². The van der Waals surface area contributed by atoms with Crippen LogP contribution in [0.4, 0.5) is 4.39 Å². The molecule has 0 spiro atoms. The third-order valence-electron chi connectivity index (χ3n) is 6.86. The Kier molecular flexibility index (Phi) is 6.51. The number of nitrogens with two attached hydrogens (primary N) is 1. The van der Waals surface area contributed by atoms with Crippen LogP contribution in [0.5, 0.6) is 0 Å². The Morgan fingerprint density at radius 3 is 2.32 bits per heavy atom. The van der Waals surface area contributed by atoms with E-state index in [1.165, 1.54) is 31.4 Å². The number of methoxy groups -OCH3 is 1. The number of halogens is 1. The van der Waals surface area contributed by atoms with E-state index in [1.54, 1.807) is 4.90 Å². The van der Waals surface area contributed by atoms with Gasteiger partial charge in [0.25, 0.3) is 5.91 Å². The van der Waals surface area contributed by atoms with Crippen LogP contribution in [0, 0.1) is 11.7 Å². The van der Waals surface area contributed by atoms with Gasteiger partial charge in [-0.25, -0.2) is 9.18 Å². The summed E-state index contributed by atoms with van der Waals surface area (Å²) in [4.78, 5) is 26.9. The lowest BCUT2D eigenvalue weighted by Gasteiger charge is -2.32. The largest absolute Gasteiger partial charge is 0.468 e. The van der Waals surface area contributed by atoms with Crippen molar-refractivity contribution in [1.82, 2.24) is 4.90 Å². The first-order chi connectivity index (χ1) is 14.4. The SMILES string of the molecule is COC(=O)[C@]1(N)CN(C(=O)c2ccc(F)cc2)C[C@@H]1CCCB1OC(C)(C)C(C)(C)O1. The lowest BCUT2D eigenvalue weighted by Crippen LogP contribution is -2.55. The van der Waals surface area contributed by atoms with Crippen molar-refractivity contribution in [3.63, 3.8) is 0 Å². The van der Waals surface area contributed by atoms with Crippen LogP contribution in [0.15, 0.2) is 24.3 Å². The first-order valence-electron chi connectivity index (χ1n) is 10.7. The molecule has 0 aromatic heterocycles. The number of rotatable bonds is 6. The topological polar surface area (TPSA) is 91.1 Å². The molecule has 170 valence electrons. The normalized spacial score (nSPS) is 26.9. The quantitative estimate of drug-likeness (QED) is 0.547. The maximum atomic E-state index is 13.2. The number of amides is 1. The van der Waals surface area contributed by atoms with Crippen LogP contribution in [0.1, 0.15) is 50.9 Å². The van der Waals surface area contributed by atoms with Crippen LogP contribution in [-0.2, 0) is 18.8 Å². The van der Waals surface area contributed by atoms with E-state index in [-0.39, 0.29) is 25.5 Å². The van der Waals surface area contributed by atoms with Crippen molar-refractivity contribution in [2.24, 2.45) is 11.7 Å². The van der Waals surface area contributed by atoms with E-state index in [1.807, 2.05) is 27.7 Å². The Morgan fingerprint density at radius 2 is 1.77 bits per heavy atom. The maximum Gasteiger partial charge on any atom is 0.457 e. The lowest BCUT2D eigenvalue weighted by atomic mass is 9.78. The average molecular weight is 434 g/mol. The second-order valence-electron chi connectivity index (χ2n) is 9.54. The van der Waals surface area contributed by atoms with Crippen molar-refractivity contribution < 1.29 is 28.0 Å². The van der Waals surface area contributed by atoms with Gasteiger partial charge in [0.1, 0.15) is 11.4 Å². The predicted molar refractivity (Wildman–Crippen MR) is 115 cm³/mol. The molecule has 1 aromatic rings. The van der Waals surface area contributed by atoms with Gasteiger partial charge < -0.3 is 24.7 Å². The van der Waals surface area contributed by atoms with Crippen molar-refractivity contribution in [1.29, 1.82) is 0 Å². The van der Waals surface area contributed by atoms with Gasteiger partial charge >= 0.3 is 13.1 Å². The first-order valence-corrected chi connectivity index (χ1v) is 10.7. The highest BCUT2D eigenvalue weighted by atomic mass is 19.1. The molecule has 2 heterocycles. The zero-order chi connectivity index (χ0) is 23.0. The third-order valence-corrected chi connectivity index (χ3v) is 6.86. The summed E-state index contributed by atoms with van der Waals surface area (Å²) in [5.74, 6) is -1.51. The Balaban J connectivity index is 1.66. The summed E-state index contributed by atoms with van der Waals surface area (Å²) in [6.45, 7) is 8.40. The Labute approximate surface area is 183 Å². The lowest BCUT2D eigenvalue weighted by molar-refractivity contribution is -0.148. The summed E-state index contributed by atoms with van der Waals surface area (Å²) in [6, 6.07) is 5.34. The number of hydrogen-bond acceptors (Lipinski definition) is 6. The Bertz CT molecular complexity index is 816. The number of ether oxygens (including phenoxy) is 1. The van der Waals surface area contributed by atoms with E-state index in [2.05, 4.69) is 0 Å². The summed E-state index contributed by atoms with van der Waals surface area (Å²) in [5, 5.41) is 0. The maximum absolute atomic E-state index is 13.2. The second-order valence-corrected chi connectivity index (χ2v) is 9.54. The van der Waals surface area contributed by atoms with Crippen molar-refractivity contribution in [2.45, 2.75) is 63.6 Å². The van der Waals surface area contributed by atoms with Crippen LogP contribution in [0.3, 0.4) is 0 Å². The minimum Gasteiger partial charge on any atom is -0.468 e. The van der Waals surface area contributed by atoms with Crippen molar-refractivity contribution in [2.75, 3.05) is 20.2 Å². The zero-order valence-corrected chi connectivity index (χ0v) is 18.9. The van der Waals surface area contributed by atoms with Crippen LogP contribution in [0.25, 0.3) is 0 Å². The van der Waals surface area contributed by atoms with E-state index in [9.17, 15) is 14.0 Å². The van der Waals surface area contributed by atoms with E-state index in [4.69, 9.17) is 19.8 Å². The molecule has 7 nitrogen and oxygen atoms in total. The van der Waals surface area contributed by atoms with E-state index in [0.717, 1.165) is 6.42 Å². The molecular weight excluding hydrogens is 402 g/mol. The summed E-state index contributed by atoms with van der Waals surface area (Å²) in [7, 11) is 0.969. The molecule has 0 saturated carbocycles. The molecule has 31 heavy (non-hydrogen) atoms. The fraction of sp³-hybridized carbons (Fsp3) is 0.636. The highest BCUT2D eigenvalue weighted by Crippen LogP contribution is 2.39. The van der Waals surface area contributed by atoms with Crippen molar-refractivity contribution in [3.8, 4) is 0 Å². The fourth-order valence-corrected chi connectivity index (χ4v) is 4.25. The average Bonchev–Trinajstić information content (AvgIpc) is 3.14. The molecular formula is C22H32BFN2O5. The molecule has 2 saturated heterocycles. The molecule has 0 unspecified atom stereocenters. The van der Waals surface area contributed by atoms with Gasteiger partial charge in [-0.1, -0.05) is 6.42 Å². The summed E-state index contributed by atoms with van der Waals surface area (Å²) >= 11 is 0. The van der Waals surface area contributed by atoms with Crippen LogP contribution < -0.4 is 5.73 Å². The Morgan fingerprint density at radius 1 is 1.19 bits per heavy atom. The number of carbonyl (C=O) groups excluding carboxylic acids is 2. The van der Waals surface area contributed by atoms with Gasteiger partial charge in [0, 0.05) is 18.0 Å². The number of benzene rings is 1. The van der Waals surface area contributed by atoms with Gasteiger partial charge in [0.15, 0.2) is 0 Å². The molecule has 2 aliphatic rings. The van der Waals surface area contributed by atoms with Gasteiger partial charge in [-0.05, 0) is 64.7 Å². The zero-order valence-electron chi connectivity index (χ0n) is 18.9. The number of carbonyl (C=O) groups is 2. The van der Waals surface area contributed by atoms with Gasteiger partial charge in [-0.2, -0.15) is 0 Å². The minimum atomic E-state index is -1.29. The van der Waals surface area contributed by atoms with Gasteiger partial charge in [-0.15, -0.1) is 0 Å². The van der Waals surface area contributed by atoms with E-state index in [0.29, 0.717) is 24.8 Å². The second kappa shape index (κ2) is 8.52. The number of likely N-dealkylation sites (tertiary alicyclic amines) is 1.